The summed E-state index contributed by atoms with van der Waals surface area (Å²) in [5.41, 5.74) is 1.75. The molecule has 0 unspecified atom stereocenters. The second-order valence-corrected chi connectivity index (χ2v) is 6.47. The second-order valence-electron chi connectivity index (χ2n) is 6.47. The summed E-state index contributed by atoms with van der Waals surface area (Å²) in [4.78, 5) is 4.57. The third kappa shape index (κ3) is 4.18. The maximum absolute atomic E-state index is 9.37. The maximum Gasteiger partial charge on any atom is 0.213 e. The number of hydrogen-bond donors (Lipinski definition) is 1. The van der Waals surface area contributed by atoms with Gasteiger partial charge in [0.2, 0.25) is 5.88 Å². The monoisotopic (exact) mass is 279 g/mol. The minimum absolute atomic E-state index is 0.0131. The van der Waals surface area contributed by atoms with Crippen LogP contribution in [0, 0.1) is 5.92 Å². The molecule has 0 spiro atoms. The Kier molecular flexibility index (Phi) is 5.00. The molecular weight excluding hydrogens is 254 g/mol. The van der Waals surface area contributed by atoms with Crippen molar-refractivity contribution >= 4 is 0 Å². The van der Waals surface area contributed by atoms with Crippen LogP contribution in [-0.2, 0) is 16.8 Å². The Balaban J connectivity index is 2.06. The molecule has 4 nitrogen and oxygen atoms in total. The smallest absolute Gasteiger partial charge is 0.213 e. The minimum Gasteiger partial charge on any atom is -0.477 e. The number of rotatable bonds is 4. The Morgan fingerprint density at radius 2 is 2.00 bits per heavy atom. The largest absolute Gasteiger partial charge is 0.477 e. The van der Waals surface area contributed by atoms with E-state index in [1.54, 1.807) is 0 Å². The highest BCUT2D eigenvalue weighted by Gasteiger charge is 2.19. The summed E-state index contributed by atoms with van der Waals surface area (Å²) in [6, 6.07) is 3.77. The van der Waals surface area contributed by atoms with Crippen LogP contribution in [0.1, 0.15) is 44.9 Å². The van der Waals surface area contributed by atoms with E-state index in [1.807, 2.05) is 12.1 Å². The zero-order chi connectivity index (χ0) is 14.6. The third-order valence-electron chi connectivity index (χ3n) is 3.62. The number of pyridine rings is 1. The van der Waals surface area contributed by atoms with E-state index in [0.717, 1.165) is 37.3 Å². The van der Waals surface area contributed by atoms with Crippen molar-refractivity contribution in [3.8, 4) is 5.88 Å². The van der Waals surface area contributed by atoms with Crippen LogP contribution >= 0.6 is 0 Å². The Hall–Kier alpha value is -1.13. The van der Waals surface area contributed by atoms with E-state index in [4.69, 9.17) is 9.47 Å². The van der Waals surface area contributed by atoms with Crippen LogP contribution in [0.4, 0.5) is 0 Å². The van der Waals surface area contributed by atoms with Gasteiger partial charge in [0.05, 0.1) is 18.9 Å². The maximum atomic E-state index is 9.37. The zero-order valence-electron chi connectivity index (χ0n) is 12.7. The normalized spacial score (nSPS) is 17.2. The number of hydrogen-bond acceptors (Lipinski definition) is 4. The summed E-state index contributed by atoms with van der Waals surface area (Å²) in [5.74, 6) is 1.16. The van der Waals surface area contributed by atoms with Crippen molar-refractivity contribution < 1.29 is 14.6 Å². The van der Waals surface area contributed by atoms with Gasteiger partial charge < -0.3 is 14.6 Å². The molecule has 1 fully saturated rings. The first-order valence-electron chi connectivity index (χ1n) is 7.32. The molecule has 1 aliphatic heterocycles. The fourth-order valence-corrected chi connectivity index (χ4v) is 2.22. The lowest BCUT2D eigenvalue weighted by atomic mass is 9.91. The van der Waals surface area contributed by atoms with Gasteiger partial charge in [-0.1, -0.05) is 20.8 Å². The summed E-state index contributed by atoms with van der Waals surface area (Å²) in [7, 11) is 0. The number of aliphatic hydroxyl groups is 1. The Morgan fingerprint density at radius 3 is 2.60 bits per heavy atom. The molecule has 0 amide bonds. The summed E-state index contributed by atoms with van der Waals surface area (Å²) in [6.45, 7) is 8.67. The first kappa shape index (κ1) is 15.3. The summed E-state index contributed by atoms with van der Waals surface area (Å²) >= 11 is 0. The van der Waals surface area contributed by atoms with Crippen LogP contribution in [0.3, 0.4) is 0 Å². The molecule has 0 bridgehead atoms. The first-order valence-corrected chi connectivity index (χ1v) is 7.32. The van der Waals surface area contributed by atoms with Crippen LogP contribution in [0.15, 0.2) is 12.1 Å². The van der Waals surface area contributed by atoms with E-state index in [0.29, 0.717) is 18.4 Å². The molecule has 1 N–H and O–H groups in total. The number of aliphatic hydroxyl groups excluding tert-OH is 1. The van der Waals surface area contributed by atoms with Gasteiger partial charge in [0, 0.05) is 24.7 Å². The molecule has 4 heteroatoms. The Labute approximate surface area is 121 Å². The summed E-state index contributed by atoms with van der Waals surface area (Å²) in [5, 5.41) is 9.37. The summed E-state index contributed by atoms with van der Waals surface area (Å²) in [6.07, 6.45) is 2.09. The molecule has 1 saturated heterocycles. The average Bonchev–Trinajstić information content (AvgIpc) is 2.45. The lowest BCUT2D eigenvalue weighted by Crippen LogP contribution is -2.22. The molecule has 2 heterocycles. The van der Waals surface area contributed by atoms with Crippen molar-refractivity contribution in [2.75, 3.05) is 19.8 Å². The molecule has 0 radical (unpaired) electrons. The van der Waals surface area contributed by atoms with Gasteiger partial charge in [0.15, 0.2) is 0 Å². The molecule has 0 aromatic carbocycles. The van der Waals surface area contributed by atoms with E-state index in [2.05, 4.69) is 25.8 Å². The van der Waals surface area contributed by atoms with Gasteiger partial charge in [-0.3, -0.25) is 0 Å². The highest BCUT2D eigenvalue weighted by Crippen LogP contribution is 2.25. The van der Waals surface area contributed by atoms with Crippen molar-refractivity contribution in [3.05, 3.63) is 23.4 Å². The van der Waals surface area contributed by atoms with E-state index < -0.39 is 0 Å². The van der Waals surface area contributed by atoms with E-state index >= 15 is 0 Å². The van der Waals surface area contributed by atoms with Crippen molar-refractivity contribution in [1.29, 1.82) is 0 Å². The quantitative estimate of drug-likeness (QED) is 0.920. The topological polar surface area (TPSA) is 51.6 Å². The van der Waals surface area contributed by atoms with E-state index in [-0.39, 0.29) is 12.0 Å². The second kappa shape index (κ2) is 6.55. The van der Waals surface area contributed by atoms with E-state index in [1.165, 1.54) is 0 Å². The number of nitrogens with zero attached hydrogens (tertiary/aromatic N) is 1. The van der Waals surface area contributed by atoms with Crippen LogP contribution in [0.25, 0.3) is 0 Å². The molecule has 2 rings (SSSR count). The predicted molar refractivity (Wildman–Crippen MR) is 77.9 cm³/mol. The van der Waals surface area contributed by atoms with Gasteiger partial charge in [0.1, 0.15) is 0 Å². The van der Waals surface area contributed by atoms with Gasteiger partial charge in [-0.2, -0.15) is 0 Å². The van der Waals surface area contributed by atoms with Gasteiger partial charge >= 0.3 is 0 Å². The average molecular weight is 279 g/mol. The molecule has 1 aromatic heterocycles. The van der Waals surface area contributed by atoms with Gasteiger partial charge in [-0.15, -0.1) is 0 Å². The molecular formula is C16H25NO3. The van der Waals surface area contributed by atoms with Crippen molar-refractivity contribution in [3.63, 3.8) is 0 Å². The Bertz CT molecular complexity index is 434. The lowest BCUT2D eigenvalue weighted by molar-refractivity contribution is 0.0489. The number of aromatic nitrogens is 1. The standard InChI is InChI=1S/C16H25NO3/c1-16(2,3)14-8-13(10-18)9-15(17-14)20-11-12-4-6-19-7-5-12/h8-9,12,18H,4-7,10-11H2,1-3H3. The van der Waals surface area contributed by atoms with Crippen LogP contribution in [0.5, 0.6) is 5.88 Å². The van der Waals surface area contributed by atoms with Gasteiger partial charge in [-0.25, -0.2) is 4.98 Å². The van der Waals surface area contributed by atoms with Crippen LogP contribution in [-0.4, -0.2) is 29.9 Å². The fraction of sp³-hybridized carbons (Fsp3) is 0.688. The fourth-order valence-electron chi connectivity index (χ4n) is 2.22. The molecule has 112 valence electrons. The summed E-state index contributed by atoms with van der Waals surface area (Å²) < 4.78 is 11.2. The van der Waals surface area contributed by atoms with Crippen molar-refractivity contribution in [2.45, 2.75) is 45.6 Å². The van der Waals surface area contributed by atoms with Gasteiger partial charge in [-0.05, 0) is 30.4 Å². The van der Waals surface area contributed by atoms with E-state index in [9.17, 15) is 5.11 Å². The third-order valence-corrected chi connectivity index (χ3v) is 3.62. The highest BCUT2D eigenvalue weighted by atomic mass is 16.5. The first-order chi connectivity index (χ1) is 9.49. The van der Waals surface area contributed by atoms with Crippen LogP contribution in [0.2, 0.25) is 0 Å². The SMILES string of the molecule is CC(C)(C)c1cc(CO)cc(OCC2CCOCC2)n1. The van der Waals surface area contributed by atoms with Crippen molar-refractivity contribution in [2.24, 2.45) is 5.92 Å². The molecule has 0 aliphatic carbocycles. The van der Waals surface area contributed by atoms with Crippen LogP contribution < -0.4 is 4.74 Å². The highest BCUT2D eigenvalue weighted by molar-refractivity contribution is 5.28. The van der Waals surface area contributed by atoms with Gasteiger partial charge in [0.25, 0.3) is 0 Å². The minimum atomic E-state index is -0.0536. The molecule has 20 heavy (non-hydrogen) atoms. The molecule has 0 saturated carbocycles. The number of ether oxygens (including phenoxy) is 2. The Morgan fingerprint density at radius 1 is 1.30 bits per heavy atom. The van der Waals surface area contributed by atoms with Crippen molar-refractivity contribution in [1.82, 2.24) is 4.98 Å². The predicted octanol–water partition coefficient (Wildman–Crippen LogP) is 2.68. The molecule has 1 aromatic rings. The molecule has 0 atom stereocenters. The zero-order valence-corrected chi connectivity index (χ0v) is 12.7. The molecule has 1 aliphatic rings. The lowest BCUT2D eigenvalue weighted by Gasteiger charge is -2.23.